The van der Waals surface area contributed by atoms with Gasteiger partial charge in [0.2, 0.25) is 5.56 Å². The van der Waals surface area contributed by atoms with Crippen molar-refractivity contribution >= 4 is 24.8 Å². The van der Waals surface area contributed by atoms with Crippen LogP contribution in [0.4, 0.5) is 0 Å². The molecule has 1 aromatic heterocycles. The number of halogens is 2. The van der Waals surface area contributed by atoms with Crippen molar-refractivity contribution in [3.63, 3.8) is 0 Å². The van der Waals surface area contributed by atoms with Crippen LogP contribution < -0.4 is 11.3 Å². The summed E-state index contributed by atoms with van der Waals surface area (Å²) in [4.78, 5) is 13.2. The van der Waals surface area contributed by atoms with Crippen molar-refractivity contribution in [2.24, 2.45) is 5.73 Å². The summed E-state index contributed by atoms with van der Waals surface area (Å²) in [5.74, 6) is 0. The molecule has 0 aliphatic heterocycles. The third-order valence-corrected chi connectivity index (χ3v) is 1.32. The molecule has 3 N–H and O–H groups in total. The number of H-pyrrole nitrogens is 1. The van der Waals surface area contributed by atoms with Gasteiger partial charge >= 0.3 is 0 Å². The van der Waals surface area contributed by atoms with E-state index in [9.17, 15) is 4.79 Å². The van der Waals surface area contributed by atoms with Crippen LogP contribution in [0.1, 0.15) is 18.5 Å². The number of nitrogens with two attached hydrogens (primary N) is 1. The molecular formula is C7H12Cl2N2O. The SMILES string of the molecule is C[C@@H](N)c1cc[nH]c(=O)c1.Cl.Cl. The Kier molecular flexibility index (Phi) is 7.09. The zero-order chi connectivity index (χ0) is 7.56. The average molecular weight is 211 g/mol. The lowest BCUT2D eigenvalue weighted by atomic mass is 10.1. The maximum atomic E-state index is 10.7. The smallest absolute Gasteiger partial charge is 0.248 e. The highest BCUT2D eigenvalue weighted by Crippen LogP contribution is 2.03. The Morgan fingerprint density at radius 1 is 1.50 bits per heavy atom. The van der Waals surface area contributed by atoms with Gasteiger partial charge in [-0.1, -0.05) is 0 Å². The summed E-state index contributed by atoms with van der Waals surface area (Å²) in [5.41, 5.74) is 6.29. The number of rotatable bonds is 1. The summed E-state index contributed by atoms with van der Waals surface area (Å²) >= 11 is 0. The van der Waals surface area contributed by atoms with Crippen molar-refractivity contribution in [2.75, 3.05) is 0 Å². The molecule has 12 heavy (non-hydrogen) atoms. The van der Waals surface area contributed by atoms with E-state index in [2.05, 4.69) is 4.98 Å². The third kappa shape index (κ3) is 3.76. The highest BCUT2D eigenvalue weighted by atomic mass is 35.5. The fraction of sp³-hybridized carbons (Fsp3) is 0.286. The van der Waals surface area contributed by atoms with E-state index in [0.717, 1.165) is 5.56 Å². The summed E-state index contributed by atoms with van der Waals surface area (Å²) < 4.78 is 0. The molecular weight excluding hydrogens is 199 g/mol. The molecule has 0 aliphatic carbocycles. The molecule has 1 atom stereocenters. The Morgan fingerprint density at radius 2 is 2.08 bits per heavy atom. The van der Waals surface area contributed by atoms with Gasteiger partial charge in [0.05, 0.1) is 0 Å². The number of hydrogen-bond donors (Lipinski definition) is 2. The van der Waals surface area contributed by atoms with E-state index in [1.807, 2.05) is 6.92 Å². The molecule has 0 amide bonds. The van der Waals surface area contributed by atoms with Gasteiger partial charge in [-0.05, 0) is 18.6 Å². The van der Waals surface area contributed by atoms with Crippen LogP contribution in [0.15, 0.2) is 23.1 Å². The van der Waals surface area contributed by atoms with Crippen LogP contribution in [0.2, 0.25) is 0 Å². The van der Waals surface area contributed by atoms with Gasteiger partial charge in [0, 0.05) is 18.3 Å². The standard InChI is InChI=1S/C7H10N2O.2ClH/c1-5(8)6-2-3-9-7(10)4-6;;/h2-5H,8H2,1H3,(H,9,10);2*1H/t5-;;/m1../s1. The molecule has 0 saturated heterocycles. The molecule has 0 saturated carbocycles. The minimum Gasteiger partial charge on any atom is -0.329 e. The Labute approximate surface area is 83.2 Å². The zero-order valence-electron chi connectivity index (χ0n) is 6.61. The topological polar surface area (TPSA) is 58.9 Å². The second-order valence-corrected chi connectivity index (χ2v) is 2.27. The van der Waals surface area contributed by atoms with Gasteiger partial charge in [-0.15, -0.1) is 24.8 Å². The first-order valence-corrected chi connectivity index (χ1v) is 3.14. The second-order valence-electron chi connectivity index (χ2n) is 2.27. The van der Waals surface area contributed by atoms with E-state index < -0.39 is 0 Å². The molecule has 1 rings (SSSR count). The van der Waals surface area contributed by atoms with Crippen LogP contribution >= 0.6 is 24.8 Å². The van der Waals surface area contributed by atoms with Gasteiger partial charge in [-0.2, -0.15) is 0 Å². The number of aromatic amines is 1. The van der Waals surface area contributed by atoms with Crippen LogP contribution in [-0.4, -0.2) is 4.98 Å². The van der Waals surface area contributed by atoms with Gasteiger partial charge in [-0.3, -0.25) is 4.79 Å². The number of aromatic nitrogens is 1. The Balaban J connectivity index is 0. The summed E-state index contributed by atoms with van der Waals surface area (Å²) in [6.45, 7) is 1.84. The van der Waals surface area contributed by atoms with Crippen molar-refractivity contribution < 1.29 is 0 Å². The molecule has 0 spiro atoms. The Hall–Kier alpha value is -0.510. The first-order chi connectivity index (χ1) is 4.70. The Morgan fingerprint density at radius 3 is 2.42 bits per heavy atom. The van der Waals surface area contributed by atoms with Gasteiger partial charge in [0.1, 0.15) is 0 Å². The third-order valence-electron chi connectivity index (χ3n) is 1.32. The fourth-order valence-electron chi connectivity index (χ4n) is 0.744. The van der Waals surface area contributed by atoms with Crippen LogP contribution in [-0.2, 0) is 0 Å². The van der Waals surface area contributed by atoms with Gasteiger partial charge in [0.15, 0.2) is 0 Å². The van der Waals surface area contributed by atoms with Crippen molar-refractivity contribution in [3.8, 4) is 0 Å². The summed E-state index contributed by atoms with van der Waals surface area (Å²) in [6, 6.07) is 3.23. The zero-order valence-corrected chi connectivity index (χ0v) is 8.24. The summed E-state index contributed by atoms with van der Waals surface area (Å²) in [6.07, 6.45) is 1.60. The normalized spacial score (nSPS) is 10.8. The van der Waals surface area contributed by atoms with Crippen molar-refractivity contribution in [1.29, 1.82) is 0 Å². The molecule has 0 fully saturated rings. The molecule has 0 radical (unpaired) electrons. The van der Waals surface area contributed by atoms with Crippen LogP contribution in [0.5, 0.6) is 0 Å². The summed E-state index contributed by atoms with van der Waals surface area (Å²) in [7, 11) is 0. The fourth-order valence-corrected chi connectivity index (χ4v) is 0.744. The maximum Gasteiger partial charge on any atom is 0.248 e. The Bertz CT molecular complexity index is 272. The minimum absolute atomic E-state index is 0. The summed E-state index contributed by atoms with van der Waals surface area (Å²) in [5, 5.41) is 0. The highest BCUT2D eigenvalue weighted by molar-refractivity contribution is 5.85. The predicted octanol–water partition coefficient (Wildman–Crippen LogP) is 1.24. The van der Waals surface area contributed by atoms with E-state index in [0.29, 0.717) is 0 Å². The first-order valence-electron chi connectivity index (χ1n) is 3.14. The van der Waals surface area contributed by atoms with Crippen LogP contribution in [0, 0.1) is 0 Å². The van der Waals surface area contributed by atoms with Gasteiger partial charge in [0.25, 0.3) is 0 Å². The molecule has 0 unspecified atom stereocenters. The van der Waals surface area contributed by atoms with Crippen molar-refractivity contribution in [3.05, 3.63) is 34.2 Å². The number of nitrogens with one attached hydrogen (secondary N) is 1. The maximum absolute atomic E-state index is 10.7. The number of pyridine rings is 1. The van der Waals surface area contributed by atoms with E-state index in [4.69, 9.17) is 5.73 Å². The molecule has 0 aromatic carbocycles. The molecule has 3 nitrogen and oxygen atoms in total. The lowest BCUT2D eigenvalue weighted by Crippen LogP contribution is -2.10. The molecule has 70 valence electrons. The highest BCUT2D eigenvalue weighted by Gasteiger charge is 1.96. The van der Waals surface area contributed by atoms with Crippen molar-refractivity contribution in [1.82, 2.24) is 4.98 Å². The molecule has 0 bridgehead atoms. The second kappa shape index (κ2) is 6.06. The van der Waals surface area contributed by atoms with E-state index in [1.54, 1.807) is 12.3 Å². The molecule has 0 aliphatic rings. The van der Waals surface area contributed by atoms with Crippen molar-refractivity contribution in [2.45, 2.75) is 13.0 Å². The van der Waals surface area contributed by atoms with Gasteiger partial charge in [-0.25, -0.2) is 0 Å². The minimum atomic E-state index is -0.102. The van der Waals surface area contributed by atoms with Crippen LogP contribution in [0.3, 0.4) is 0 Å². The number of hydrogen-bond acceptors (Lipinski definition) is 2. The quantitative estimate of drug-likeness (QED) is 0.734. The van der Waals surface area contributed by atoms with Gasteiger partial charge < -0.3 is 10.7 Å². The molecule has 5 heteroatoms. The van der Waals surface area contributed by atoms with E-state index in [-0.39, 0.29) is 36.4 Å². The first kappa shape index (κ1) is 14.0. The lowest BCUT2D eigenvalue weighted by molar-refractivity contribution is 0.813. The molecule has 1 heterocycles. The monoisotopic (exact) mass is 210 g/mol. The lowest BCUT2D eigenvalue weighted by Gasteiger charge is -2.01. The predicted molar refractivity (Wildman–Crippen MR) is 54.2 cm³/mol. The van der Waals surface area contributed by atoms with Crippen LogP contribution in [0.25, 0.3) is 0 Å². The largest absolute Gasteiger partial charge is 0.329 e. The molecule has 1 aromatic rings. The van der Waals surface area contributed by atoms with E-state index in [1.165, 1.54) is 6.07 Å². The average Bonchev–Trinajstić information content (AvgIpc) is 1.88. The van der Waals surface area contributed by atoms with E-state index >= 15 is 0 Å².